The van der Waals surface area contributed by atoms with E-state index in [9.17, 15) is 0 Å². The number of ether oxygens (including phenoxy) is 2. The minimum atomic E-state index is 0.573. The molecule has 100 valence electrons. The molecule has 1 atom stereocenters. The SMILES string of the molecule is COc1ncccc1COCCC1CCCCN1. The van der Waals surface area contributed by atoms with Crippen LogP contribution in [-0.2, 0) is 11.3 Å². The highest BCUT2D eigenvalue weighted by Gasteiger charge is 2.12. The molecule has 1 aromatic heterocycles. The van der Waals surface area contributed by atoms with Crippen molar-refractivity contribution in [3.8, 4) is 5.88 Å². The molecular weight excluding hydrogens is 228 g/mol. The molecule has 0 amide bonds. The van der Waals surface area contributed by atoms with Gasteiger partial charge in [0.15, 0.2) is 0 Å². The van der Waals surface area contributed by atoms with Gasteiger partial charge in [-0.3, -0.25) is 0 Å². The van der Waals surface area contributed by atoms with Crippen LogP contribution in [0.1, 0.15) is 31.2 Å². The van der Waals surface area contributed by atoms with Crippen molar-refractivity contribution in [1.82, 2.24) is 10.3 Å². The molecule has 0 radical (unpaired) electrons. The number of hydrogen-bond donors (Lipinski definition) is 1. The van der Waals surface area contributed by atoms with Gasteiger partial charge in [0.05, 0.1) is 13.7 Å². The van der Waals surface area contributed by atoms with Crippen molar-refractivity contribution in [2.24, 2.45) is 0 Å². The molecule has 1 unspecified atom stereocenters. The molecule has 18 heavy (non-hydrogen) atoms. The molecule has 1 aliphatic rings. The lowest BCUT2D eigenvalue weighted by Crippen LogP contribution is -2.34. The van der Waals surface area contributed by atoms with Crippen molar-refractivity contribution < 1.29 is 9.47 Å². The van der Waals surface area contributed by atoms with Gasteiger partial charge in [-0.25, -0.2) is 4.98 Å². The van der Waals surface area contributed by atoms with E-state index < -0.39 is 0 Å². The van der Waals surface area contributed by atoms with Crippen molar-refractivity contribution >= 4 is 0 Å². The minimum Gasteiger partial charge on any atom is -0.481 e. The van der Waals surface area contributed by atoms with Crippen molar-refractivity contribution in [1.29, 1.82) is 0 Å². The molecular formula is C14H22N2O2. The average molecular weight is 250 g/mol. The van der Waals surface area contributed by atoms with Gasteiger partial charge in [-0.15, -0.1) is 0 Å². The summed E-state index contributed by atoms with van der Waals surface area (Å²) in [6.07, 6.45) is 6.74. The monoisotopic (exact) mass is 250 g/mol. The molecule has 1 fully saturated rings. The molecule has 1 aliphatic heterocycles. The second-order valence-electron chi connectivity index (χ2n) is 4.66. The van der Waals surface area contributed by atoms with Crippen LogP contribution in [0.15, 0.2) is 18.3 Å². The van der Waals surface area contributed by atoms with Crippen LogP contribution in [0.5, 0.6) is 5.88 Å². The Morgan fingerprint density at radius 2 is 2.39 bits per heavy atom. The average Bonchev–Trinajstić information content (AvgIpc) is 2.45. The first-order valence-electron chi connectivity index (χ1n) is 6.69. The normalized spacial score (nSPS) is 19.7. The topological polar surface area (TPSA) is 43.4 Å². The maximum atomic E-state index is 5.70. The fourth-order valence-electron chi connectivity index (χ4n) is 2.30. The Bertz CT molecular complexity index is 351. The highest BCUT2D eigenvalue weighted by molar-refractivity contribution is 5.24. The van der Waals surface area contributed by atoms with Crippen LogP contribution in [-0.4, -0.2) is 31.3 Å². The summed E-state index contributed by atoms with van der Waals surface area (Å²) in [5, 5.41) is 3.52. The summed E-state index contributed by atoms with van der Waals surface area (Å²) in [5.74, 6) is 0.660. The lowest BCUT2D eigenvalue weighted by molar-refractivity contribution is 0.106. The first-order chi connectivity index (χ1) is 8.90. The minimum absolute atomic E-state index is 0.573. The Labute approximate surface area is 109 Å². The summed E-state index contributed by atoms with van der Waals surface area (Å²) in [6, 6.07) is 4.53. The van der Waals surface area contributed by atoms with Crippen molar-refractivity contribution in [2.45, 2.75) is 38.3 Å². The fourth-order valence-corrected chi connectivity index (χ4v) is 2.30. The van der Waals surface area contributed by atoms with Gasteiger partial charge >= 0.3 is 0 Å². The Morgan fingerprint density at radius 3 is 3.17 bits per heavy atom. The van der Waals surface area contributed by atoms with Crippen LogP contribution in [0.4, 0.5) is 0 Å². The molecule has 1 N–H and O–H groups in total. The van der Waals surface area contributed by atoms with Crippen molar-refractivity contribution in [2.75, 3.05) is 20.3 Å². The molecule has 0 aromatic carbocycles. The van der Waals surface area contributed by atoms with Crippen LogP contribution >= 0.6 is 0 Å². The van der Waals surface area contributed by atoms with Gasteiger partial charge in [-0.2, -0.15) is 0 Å². The molecule has 2 rings (SSSR count). The third-order valence-corrected chi connectivity index (χ3v) is 3.32. The Morgan fingerprint density at radius 1 is 1.44 bits per heavy atom. The molecule has 0 saturated carbocycles. The molecule has 4 heteroatoms. The molecule has 0 bridgehead atoms. The fraction of sp³-hybridized carbons (Fsp3) is 0.643. The van der Waals surface area contributed by atoms with E-state index in [0.29, 0.717) is 18.5 Å². The standard InChI is InChI=1S/C14H22N2O2/c1-17-14-12(5-4-9-16-14)11-18-10-7-13-6-2-3-8-15-13/h4-5,9,13,15H,2-3,6-8,10-11H2,1H3. The summed E-state index contributed by atoms with van der Waals surface area (Å²) in [6.45, 7) is 2.51. The zero-order valence-corrected chi connectivity index (χ0v) is 11.0. The largest absolute Gasteiger partial charge is 0.481 e. The van der Waals surface area contributed by atoms with Gasteiger partial charge in [0, 0.05) is 24.4 Å². The highest BCUT2D eigenvalue weighted by atomic mass is 16.5. The number of nitrogens with one attached hydrogen (secondary N) is 1. The third kappa shape index (κ3) is 3.96. The van der Waals surface area contributed by atoms with E-state index in [1.807, 2.05) is 12.1 Å². The predicted octanol–water partition coefficient (Wildman–Crippen LogP) is 2.14. The Kier molecular flexibility index (Phi) is 5.42. The lowest BCUT2D eigenvalue weighted by Gasteiger charge is -2.23. The molecule has 1 saturated heterocycles. The van der Waals surface area contributed by atoms with Gasteiger partial charge < -0.3 is 14.8 Å². The van der Waals surface area contributed by atoms with Gasteiger partial charge in [-0.1, -0.05) is 6.42 Å². The quantitative estimate of drug-likeness (QED) is 0.786. The van der Waals surface area contributed by atoms with E-state index in [-0.39, 0.29) is 0 Å². The van der Waals surface area contributed by atoms with E-state index in [2.05, 4.69) is 10.3 Å². The second kappa shape index (κ2) is 7.34. The summed E-state index contributed by atoms with van der Waals surface area (Å²) in [5.41, 5.74) is 1.01. The Hall–Kier alpha value is -1.13. The summed E-state index contributed by atoms with van der Waals surface area (Å²) >= 11 is 0. The molecule has 1 aromatic rings. The van der Waals surface area contributed by atoms with Crippen molar-refractivity contribution in [3.05, 3.63) is 23.9 Å². The zero-order valence-electron chi connectivity index (χ0n) is 11.0. The third-order valence-electron chi connectivity index (χ3n) is 3.32. The maximum absolute atomic E-state index is 5.70. The van der Waals surface area contributed by atoms with Gasteiger partial charge in [0.1, 0.15) is 0 Å². The van der Waals surface area contributed by atoms with E-state index in [1.54, 1.807) is 13.3 Å². The number of hydrogen-bond acceptors (Lipinski definition) is 4. The predicted molar refractivity (Wildman–Crippen MR) is 70.7 cm³/mol. The Balaban J connectivity index is 1.68. The summed E-state index contributed by atoms with van der Waals surface area (Å²) < 4.78 is 10.9. The second-order valence-corrected chi connectivity index (χ2v) is 4.66. The van der Waals surface area contributed by atoms with Gasteiger partial charge in [0.25, 0.3) is 0 Å². The van der Waals surface area contributed by atoms with Gasteiger partial charge in [0.2, 0.25) is 5.88 Å². The highest BCUT2D eigenvalue weighted by Crippen LogP contribution is 2.15. The number of aromatic nitrogens is 1. The van der Waals surface area contributed by atoms with Crippen LogP contribution < -0.4 is 10.1 Å². The molecule has 2 heterocycles. The maximum Gasteiger partial charge on any atom is 0.218 e. The smallest absolute Gasteiger partial charge is 0.218 e. The van der Waals surface area contributed by atoms with Crippen LogP contribution in [0.25, 0.3) is 0 Å². The number of piperidine rings is 1. The van der Waals surface area contributed by atoms with Crippen LogP contribution in [0, 0.1) is 0 Å². The number of pyridine rings is 1. The summed E-state index contributed by atoms with van der Waals surface area (Å²) in [7, 11) is 1.64. The first kappa shape index (κ1) is 13.3. The van der Waals surface area contributed by atoms with E-state index in [1.165, 1.54) is 19.3 Å². The lowest BCUT2D eigenvalue weighted by atomic mass is 10.0. The van der Waals surface area contributed by atoms with Crippen molar-refractivity contribution in [3.63, 3.8) is 0 Å². The van der Waals surface area contributed by atoms with E-state index in [0.717, 1.165) is 25.1 Å². The molecule has 4 nitrogen and oxygen atoms in total. The van der Waals surface area contributed by atoms with Crippen LogP contribution in [0.2, 0.25) is 0 Å². The van der Waals surface area contributed by atoms with E-state index >= 15 is 0 Å². The number of rotatable bonds is 6. The molecule has 0 spiro atoms. The number of methoxy groups -OCH3 is 1. The van der Waals surface area contributed by atoms with Crippen LogP contribution in [0.3, 0.4) is 0 Å². The first-order valence-corrected chi connectivity index (χ1v) is 6.69. The van der Waals surface area contributed by atoms with Gasteiger partial charge in [-0.05, 0) is 37.9 Å². The zero-order chi connectivity index (χ0) is 12.6. The number of nitrogens with zero attached hydrogens (tertiary/aromatic N) is 1. The summed E-state index contributed by atoms with van der Waals surface area (Å²) in [4.78, 5) is 4.15. The molecule has 0 aliphatic carbocycles. The van der Waals surface area contributed by atoms with E-state index in [4.69, 9.17) is 9.47 Å².